The summed E-state index contributed by atoms with van der Waals surface area (Å²) in [5, 5.41) is 32.4. The average molecular weight is 915 g/mol. The molecule has 2 N–H and O–H groups in total. The lowest BCUT2D eigenvalue weighted by molar-refractivity contribution is -0.164. The molecule has 3 aromatic carbocycles. The van der Waals surface area contributed by atoms with Gasteiger partial charge >= 0.3 is 0 Å². The summed E-state index contributed by atoms with van der Waals surface area (Å²) >= 11 is 6.25. The smallest absolute Gasteiger partial charge is 0.278 e. The van der Waals surface area contributed by atoms with Crippen LogP contribution in [-0.4, -0.2) is 115 Å². The third kappa shape index (κ3) is 8.48. The highest BCUT2D eigenvalue weighted by molar-refractivity contribution is 6.31. The summed E-state index contributed by atoms with van der Waals surface area (Å²) in [6.07, 6.45) is 3.36. The lowest BCUT2D eigenvalue weighted by atomic mass is 9.49. The molecule has 3 aliphatic heterocycles. The standard InChI is InChI=1S/C47H51ClN12O6/c1-46(2)44(47(3,4)45(46)66-34-11-7-30(25-49)36(48)24-34)51-40(62)28-5-8-32(9-6-28)59-27-31(52-54-59)26-56-19-21-58(22-20-56)42(64)29-15-17-57(18-16-29)33-10-12-37-35(23-33)43(65)60(55-53-37)38-13-14-39(61)50-41(38)63/h5-12,23-24,27,29,38,44-45H,13-22,26H2,1-4H3,(H,51,62)(H,50,61,63)/t38?,44-,45-. The number of anilines is 1. The summed E-state index contributed by atoms with van der Waals surface area (Å²) in [5.41, 5.74) is 2.52. The van der Waals surface area contributed by atoms with E-state index in [9.17, 15) is 29.2 Å². The van der Waals surface area contributed by atoms with Crippen LogP contribution in [0.25, 0.3) is 16.6 Å². The van der Waals surface area contributed by atoms with Gasteiger partial charge < -0.3 is 19.9 Å². The molecule has 2 aromatic heterocycles. The number of halogens is 1. The van der Waals surface area contributed by atoms with Crippen molar-refractivity contribution in [2.75, 3.05) is 44.2 Å². The molecular formula is C47H51ClN12O6. The number of piperidine rings is 2. The van der Waals surface area contributed by atoms with Gasteiger partial charge in [0, 0.05) is 92.3 Å². The highest BCUT2D eigenvalue weighted by Gasteiger charge is 2.64. The van der Waals surface area contributed by atoms with Crippen molar-refractivity contribution in [1.82, 2.24) is 50.4 Å². The van der Waals surface area contributed by atoms with Crippen LogP contribution in [0.3, 0.4) is 0 Å². The first-order valence-corrected chi connectivity index (χ1v) is 22.7. The van der Waals surface area contributed by atoms with E-state index in [1.165, 1.54) is 0 Å². The van der Waals surface area contributed by atoms with E-state index < -0.39 is 28.3 Å². The van der Waals surface area contributed by atoms with Crippen LogP contribution in [0, 0.1) is 28.1 Å². The van der Waals surface area contributed by atoms with Crippen LogP contribution >= 0.6 is 11.6 Å². The van der Waals surface area contributed by atoms with Crippen LogP contribution in [0.15, 0.2) is 71.7 Å². The van der Waals surface area contributed by atoms with E-state index in [4.69, 9.17) is 16.3 Å². The maximum absolute atomic E-state index is 13.7. The fourth-order valence-electron chi connectivity index (χ4n) is 10.4. The predicted molar refractivity (Wildman–Crippen MR) is 243 cm³/mol. The number of benzene rings is 3. The first-order valence-electron chi connectivity index (χ1n) is 22.3. The van der Waals surface area contributed by atoms with Crippen molar-refractivity contribution >= 4 is 51.8 Å². The number of amides is 4. The second-order valence-electron chi connectivity index (χ2n) is 18.9. The summed E-state index contributed by atoms with van der Waals surface area (Å²) in [6, 6.07) is 18.7. The molecule has 1 aliphatic carbocycles. The van der Waals surface area contributed by atoms with Crippen molar-refractivity contribution in [2.24, 2.45) is 16.7 Å². The summed E-state index contributed by atoms with van der Waals surface area (Å²) < 4.78 is 9.13. The normalized spacial score (nSPS) is 22.0. The Kier molecular flexibility index (Phi) is 11.9. The summed E-state index contributed by atoms with van der Waals surface area (Å²) in [7, 11) is 0. The van der Waals surface area contributed by atoms with Gasteiger partial charge in [0.25, 0.3) is 17.4 Å². The Hall–Kier alpha value is -6.71. The molecule has 5 aromatic rings. The minimum atomic E-state index is -0.893. The zero-order valence-electron chi connectivity index (χ0n) is 37.2. The Labute approximate surface area is 385 Å². The van der Waals surface area contributed by atoms with Crippen molar-refractivity contribution in [3.8, 4) is 17.5 Å². The molecule has 342 valence electrons. The van der Waals surface area contributed by atoms with Gasteiger partial charge in [-0.15, -0.1) is 10.2 Å². The van der Waals surface area contributed by atoms with Crippen molar-refractivity contribution in [3.63, 3.8) is 0 Å². The first kappa shape index (κ1) is 44.5. The van der Waals surface area contributed by atoms with Gasteiger partial charge in [0.1, 0.15) is 29.5 Å². The zero-order chi connectivity index (χ0) is 46.5. The van der Waals surface area contributed by atoms with Gasteiger partial charge in [-0.2, -0.15) is 9.94 Å². The van der Waals surface area contributed by atoms with Crippen molar-refractivity contribution < 1.29 is 23.9 Å². The van der Waals surface area contributed by atoms with Gasteiger partial charge in [0.2, 0.25) is 11.8 Å². The molecule has 66 heavy (non-hydrogen) atoms. The van der Waals surface area contributed by atoms with Crippen LogP contribution in [0.2, 0.25) is 5.02 Å². The predicted octanol–water partition coefficient (Wildman–Crippen LogP) is 4.05. The topological polar surface area (TPSA) is 214 Å². The molecule has 5 heterocycles. The fourth-order valence-corrected chi connectivity index (χ4v) is 10.6. The van der Waals surface area contributed by atoms with E-state index >= 15 is 0 Å². The van der Waals surface area contributed by atoms with Gasteiger partial charge in [-0.25, -0.2) is 4.68 Å². The quantitative estimate of drug-likeness (QED) is 0.190. The highest BCUT2D eigenvalue weighted by atomic mass is 35.5. The minimum Gasteiger partial charge on any atom is -0.489 e. The Morgan fingerprint density at radius 3 is 2.27 bits per heavy atom. The third-order valence-electron chi connectivity index (χ3n) is 13.8. The first-order chi connectivity index (χ1) is 31.6. The lowest BCUT2D eigenvalue weighted by Gasteiger charge is -2.63. The highest BCUT2D eigenvalue weighted by Crippen LogP contribution is 2.55. The molecule has 19 heteroatoms. The van der Waals surface area contributed by atoms with Crippen LogP contribution in [0.1, 0.15) is 81.0 Å². The summed E-state index contributed by atoms with van der Waals surface area (Å²) in [4.78, 5) is 71.1. The number of piperazine rings is 1. The van der Waals surface area contributed by atoms with Crippen LogP contribution in [0.5, 0.6) is 5.75 Å². The van der Waals surface area contributed by atoms with Crippen LogP contribution < -0.4 is 25.8 Å². The van der Waals surface area contributed by atoms with Crippen molar-refractivity contribution in [3.05, 3.63) is 99.1 Å². The largest absolute Gasteiger partial charge is 0.489 e. The van der Waals surface area contributed by atoms with Gasteiger partial charge in [-0.1, -0.05) is 49.7 Å². The van der Waals surface area contributed by atoms with E-state index in [2.05, 4.69) is 74.8 Å². The second kappa shape index (κ2) is 17.6. The molecular weight excluding hydrogens is 864 g/mol. The SMILES string of the molecule is CC1(C)[C@H](NC(=O)c2ccc(-n3cc(CN4CCN(C(=O)C5CCN(c6ccc7nnn(C8CCC(=O)NC8=O)c(=O)c7c6)CC5)CC4)nn3)cc2)C(C)(C)[C@H]1Oc1ccc(C#N)c(Cl)c1. The molecule has 1 saturated carbocycles. The Morgan fingerprint density at radius 1 is 0.879 bits per heavy atom. The van der Waals surface area contributed by atoms with Gasteiger partial charge in [-0.05, 0) is 73.9 Å². The van der Waals surface area contributed by atoms with Crippen molar-refractivity contribution in [1.29, 1.82) is 5.26 Å². The van der Waals surface area contributed by atoms with Gasteiger partial charge in [-0.3, -0.25) is 34.2 Å². The van der Waals surface area contributed by atoms with Crippen LogP contribution in [-0.2, 0) is 20.9 Å². The number of ether oxygens (including phenoxy) is 1. The van der Waals surface area contributed by atoms with Gasteiger partial charge in [0.05, 0.1) is 33.6 Å². The Bertz CT molecular complexity index is 2800. The van der Waals surface area contributed by atoms with E-state index in [-0.39, 0.29) is 48.6 Å². The van der Waals surface area contributed by atoms with E-state index in [1.54, 1.807) is 47.1 Å². The third-order valence-corrected chi connectivity index (χ3v) is 14.1. The monoisotopic (exact) mass is 914 g/mol. The summed E-state index contributed by atoms with van der Waals surface area (Å²) in [5.74, 6) is -0.462. The minimum absolute atomic E-state index is 0.0911. The van der Waals surface area contributed by atoms with Crippen molar-refractivity contribution in [2.45, 2.75) is 78.1 Å². The number of imide groups is 1. The number of rotatable bonds is 10. The number of carbonyl (C=O) groups is 4. The maximum Gasteiger partial charge on any atom is 0.278 e. The number of nitrogens with one attached hydrogen (secondary N) is 2. The second-order valence-corrected chi connectivity index (χ2v) is 19.3. The number of hydrogen-bond acceptors (Lipinski definition) is 13. The molecule has 18 nitrogen and oxygen atoms in total. The fraction of sp³-hybridized carbons (Fsp3) is 0.447. The average Bonchev–Trinajstić information content (AvgIpc) is 3.78. The molecule has 0 spiro atoms. The molecule has 0 radical (unpaired) electrons. The number of nitriles is 1. The zero-order valence-corrected chi connectivity index (χ0v) is 38.0. The van der Waals surface area contributed by atoms with E-state index in [0.29, 0.717) is 91.5 Å². The Balaban J connectivity index is 0.735. The number of hydrogen-bond donors (Lipinski definition) is 2. The van der Waals surface area contributed by atoms with Gasteiger partial charge in [0.15, 0.2) is 0 Å². The lowest BCUT2D eigenvalue weighted by Crippen LogP contribution is -2.74. The molecule has 0 bridgehead atoms. The van der Waals surface area contributed by atoms with E-state index in [1.807, 2.05) is 29.3 Å². The summed E-state index contributed by atoms with van der Waals surface area (Å²) in [6.45, 7) is 12.8. The van der Waals surface area contributed by atoms with E-state index in [0.717, 1.165) is 21.8 Å². The molecule has 4 fully saturated rings. The number of aromatic nitrogens is 6. The molecule has 4 amide bonds. The molecule has 3 saturated heterocycles. The number of nitrogens with zero attached hydrogens (tertiary/aromatic N) is 10. The Morgan fingerprint density at radius 2 is 1.59 bits per heavy atom. The number of carbonyl (C=O) groups excluding carboxylic acids is 4. The molecule has 1 atom stereocenters. The molecule has 9 rings (SSSR count). The molecule has 4 aliphatic rings. The van der Waals surface area contributed by atoms with Crippen LogP contribution in [0.4, 0.5) is 5.69 Å². The maximum atomic E-state index is 13.7. The number of fused-ring (bicyclic) bond motifs is 1. The molecule has 1 unspecified atom stereocenters.